The highest BCUT2D eigenvalue weighted by Gasteiger charge is 2.27. The molecule has 0 bridgehead atoms. The monoisotopic (exact) mass is 157 g/mol. The zero-order valence-corrected chi connectivity index (χ0v) is 6.42. The second-order valence-electron chi connectivity index (χ2n) is 2.63. The number of rotatable bonds is 1. The van der Waals surface area contributed by atoms with Crippen molar-refractivity contribution in [3.63, 3.8) is 0 Å². The van der Waals surface area contributed by atoms with Gasteiger partial charge in [-0.05, 0) is 0 Å². The van der Waals surface area contributed by atoms with E-state index in [-0.39, 0.29) is 6.10 Å². The minimum atomic E-state index is 0.0775. The number of nitrogens with one attached hydrogen (secondary N) is 1. The Morgan fingerprint density at radius 3 is 3.27 bits per heavy atom. The van der Waals surface area contributed by atoms with Crippen LogP contribution in [-0.2, 0) is 14.3 Å². The number of hydroxylamine groups is 1. The van der Waals surface area contributed by atoms with E-state index in [1.54, 1.807) is 7.11 Å². The lowest BCUT2D eigenvalue weighted by atomic mass is 10.1. The minimum Gasteiger partial charge on any atom is -0.375 e. The molecule has 0 aliphatic carbocycles. The summed E-state index contributed by atoms with van der Waals surface area (Å²) in [7, 11) is 1.68. The lowest BCUT2D eigenvalue weighted by molar-refractivity contribution is 0.0216. The lowest BCUT2D eigenvalue weighted by Crippen LogP contribution is -2.29. The van der Waals surface area contributed by atoms with Gasteiger partial charge in [0.2, 0.25) is 0 Å². The molecule has 62 valence electrons. The van der Waals surface area contributed by atoms with Crippen molar-refractivity contribution < 1.29 is 14.3 Å². The maximum atomic E-state index is 5.26. The van der Waals surface area contributed by atoms with Crippen LogP contribution >= 0.6 is 0 Å². The Labute approximate surface area is 65.1 Å². The minimum absolute atomic E-state index is 0.0775. The number of hydrogen-bond acceptors (Lipinski definition) is 4. The molecule has 0 unspecified atom stereocenters. The second kappa shape index (κ2) is 2.81. The number of methoxy groups -OCH3 is 1. The molecular formula is C7H11NO3. The second-order valence-corrected chi connectivity index (χ2v) is 2.63. The molecule has 0 aromatic carbocycles. The molecule has 0 amide bonds. The van der Waals surface area contributed by atoms with Gasteiger partial charge in [0.15, 0.2) is 0 Å². The molecule has 2 aliphatic heterocycles. The Bertz CT molecular complexity index is 190. The van der Waals surface area contributed by atoms with E-state index in [0.717, 1.165) is 5.70 Å². The first-order valence-corrected chi connectivity index (χ1v) is 3.62. The van der Waals surface area contributed by atoms with Crippen molar-refractivity contribution in [3.8, 4) is 0 Å². The zero-order valence-electron chi connectivity index (χ0n) is 6.42. The average molecular weight is 157 g/mol. The third kappa shape index (κ3) is 1.13. The summed E-state index contributed by atoms with van der Waals surface area (Å²) in [5.41, 5.74) is 5.02. The Morgan fingerprint density at radius 2 is 2.45 bits per heavy atom. The Balaban J connectivity index is 2.17. The molecule has 2 rings (SSSR count). The summed E-state index contributed by atoms with van der Waals surface area (Å²) >= 11 is 0. The van der Waals surface area contributed by atoms with Gasteiger partial charge in [0, 0.05) is 12.7 Å². The van der Waals surface area contributed by atoms with Crippen molar-refractivity contribution in [1.29, 1.82) is 0 Å². The highest BCUT2D eigenvalue weighted by molar-refractivity contribution is 5.22. The van der Waals surface area contributed by atoms with Gasteiger partial charge in [-0.15, -0.1) is 0 Å². The van der Waals surface area contributed by atoms with Gasteiger partial charge in [0.1, 0.15) is 12.7 Å². The molecule has 0 radical (unpaired) electrons. The summed E-state index contributed by atoms with van der Waals surface area (Å²) in [6.07, 6.45) is 0.0775. The zero-order chi connectivity index (χ0) is 7.68. The van der Waals surface area contributed by atoms with Crippen LogP contribution in [0.2, 0.25) is 0 Å². The molecule has 11 heavy (non-hydrogen) atoms. The molecule has 0 aromatic rings. The normalized spacial score (nSPS) is 30.1. The maximum Gasteiger partial charge on any atom is 0.106 e. The van der Waals surface area contributed by atoms with Crippen molar-refractivity contribution in [1.82, 2.24) is 5.48 Å². The summed E-state index contributed by atoms with van der Waals surface area (Å²) in [5.74, 6) is 0. The molecule has 0 aromatic heterocycles. The molecule has 0 saturated heterocycles. The van der Waals surface area contributed by atoms with Gasteiger partial charge < -0.3 is 9.47 Å². The van der Waals surface area contributed by atoms with E-state index in [9.17, 15) is 0 Å². The molecule has 2 aliphatic rings. The quantitative estimate of drug-likeness (QED) is 0.573. The van der Waals surface area contributed by atoms with Gasteiger partial charge >= 0.3 is 0 Å². The smallest absolute Gasteiger partial charge is 0.106 e. The van der Waals surface area contributed by atoms with Crippen LogP contribution in [0.5, 0.6) is 0 Å². The Morgan fingerprint density at radius 1 is 1.55 bits per heavy atom. The Kier molecular flexibility index (Phi) is 1.81. The molecule has 0 spiro atoms. The van der Waals surface area contributed by atoms with Gasteiger partial charge in [-0.1, -0.05) is 0 Å². The molecule has 0 saturated carbocycles. The van der Waals surface area contributed by atoms with Crippen molar-refractivity contribution in [2.45, 2.75) is 6.10 Å². The molecule has 2 heterocycles. The molecule has 4 heteroatoms. The highest BCUT2D eigenvalue weighted by Crippen LogP contribution is 2.20. The van der Waals surface area contributed by atoms with Gasteiger partial charge in [-0.25, -0.2) is 0 Å². The van der Waals surface area contributed by atoms with Crippen LogP contribution in [0.4, 0.5) is 0 Å². The largest absolute Gasteiger partial charge is 0.375 e. The predicted octanol–water partition coefficient (Wildman–Crippen LogP) is -0.179. The lowest BCUT2D eigenvalue weighted by Gasteiger charge is -2.21. The third-order valence-electron chi connectivity index (χ3n) is 2.00. The highest BCUT2D eigenvalue weighted by atomic mass is 16.7. The summed E-state index contributed by atoms with van der Waals surface area (Å²) in [5, 5.41) is 0. The van der Waals surface area contributed by atoms with E-state index in [0.29, 0.717) is 19.8 Å². The summed E-state index contributed by atoms with van der Waals surface area (Å²) in [4.78, 5) is 5.04. The van der Waals surface area contributed by atoms with Gasteiger partial charge in [0.25, 0.3) is 0 Å². The van der Waals surface area contributed by atoms with Crippen molar-refractivity contribution >= 4 is 0 Å². The number of hydrogen-bond donors (Lipinski definition) is 1. The molecular weight excluding hydrogens is 146 g/mol. The fourth-order valence-corrected chi connectivity index (χ4v) is 1.34. The van der Waals surface area contributed by atoms with Crippen molar-refractivity contribution in [2.24, 2.45) is 0 Å². The van der Waals surface area contributed by atoms with Crippen LogP contribution in [-0.4, -0.2) is 33.0 Å². The maximum absolute atomic E-state index is 5.26. The van der Waals surface area contributed by atoms with E-state index in [2.05, 4.69) is 5.48 Å². The summed E-state index contributed by atoms with van der Waals surface area (Å²) in [6.45, 7) is 1.88. The standard InChI is InChI=1S/C7H11NO3/c1-9-7-4-10-3-6-5(7)2-11-8-6/h7-8H,2-4H2,1H3/t7-/m0/s1. The van der Waals surface area contributed by atoms with Gasteiger partial charge in [0.05, 0.1) is 18.9 Å². The molecule has 4 nitrogen and oxygen atoms in total. The van der Waals surface area contributed by atoms with Crippen LogP contribution in [0, 0.1) is 0 Å². The van der Waals surface area contributed by atoms with E-state index in [1.165, 1.54) is 5.57 Å². The summed E-state index contributed by atoms with van der Waals surface area (Å²) < 4.78 is 10.5. The summed E-state index contributed by atoms with van der Waals surface area (Å²) in [6, 6.07) is 0. The van der Waals surface area contributed by atoms with Crippen LogP contribution in [0.1, 0.15) is 0 Å². The van der Waals surface area contributed by atoms with Gasteiger partial charge in [-0.2, -0.15) is 0 Å². The topological polar surface area (TPSA) is 39.7 Å². The SMILES string of the molecule is CO[C@H]1COCC2=C1CON2. The first-order chi connectivity index (χ1) is 5.42. The van der Waals surface area contributed by atoms with Crippen molar-refractivity contribution in [3.05, 3.63) is 11.3 Å². The average Bonchev–Trinajstić information content (AvgIpc) is 2.50. The van der Waals surface area contributed by atoms with Crippen LogP contribution in [0.15, 0.2) is 11.3 Å². The van der Waals surface area contributed by atoms with Crippen LogP contribution in [0.3, 0.4) is 0 Å². The molecule has 1 atom stereocenters. The molecule has 0 fully saturated rings. The predicted molar refractivity (Wildman–Crippen MR) is 37.7 cm³/mol. The fourth-order valence-electron chi connectivity index (χ4n) is 1.34. The van der Waals surface area contributed by atoms with E-state index < -0.39 is 0 Å². The first kappa shape index (κ1) is 7.09. The Hall–Kier alpha value is -0.580. The number of ether oxygens (including phenoxy) is 2. The van der Waals surface area contributed by atoms with Crippen LogP contribution < -0.4 is 5.48 Å². The van der Waals surface area contributed by atoms with Crippen molar-refractivity contribution in [2.75, 3.05) is 26.9 Å². The van der Waals surface area contributed by atoms with E-state index in [1.807, 2.05) is 0 Å². The van der Waals surface area contributed by atoms with Crippen LogP contribution in [0.25, 0.3) is 0 Å². The molecule has 1 N–H and O–H groups in total. The van der Waals surface area contributed by atoms with E-state index >= 15 is 0 Å². The fraction of sp³-hybridized carbons (Fsp3) is 0.714. The first-order valence-electron chi connectivity index (χ1n) is 3.62. The third-order valence-corrected chi connectivity index (χ3v) is 2.00. The van der Waals surface area contributed by atoms with Gasteiger partial charge in [-0.3, -0.25) is 10.3 Å². The van der Waals surface area contributed by atoms with E-state index in [4.69, 9.17) is 14.3 Å².